The molecule has 0 atom stereocenters. The highest BCUT2D eigenvalue weighted by molar-refractivity contribution is 5.95. The van der Waals surface area contributed by atoms with Crippen molar-refractivity contribution in [2.75, 3.05) is 5.32 Å². The molecule has 1 rings (SSSR count). The van der Waals surface area contributed by atoms with E-state index in [1.807, 2.05) is 33.8 Å². The molecule has 1 amide bonds. The molecule has 0 aliphatic heterocycles. The molecule has 0 aliphatic rings. The minimum atomic E-state index is -0.358. The fourth-order valence-corrected chi connectivity index (χ4v) is 1.50. The lowest BCUT2D eigenvalue weighted by Crippen LogP contribution is -2.27. The second-order valence-corrected chi connectivity index (χ2v) is 5.93. The molecular formula is C15H23NO. The molecule has 17 heavy (non-hydrogen) atoms. The van der Waals surface area contributed by atoms with Crippen molar-refractivity contribution in [3.05, 3.63) is 29.3 Å². The molecule has 0 heterocycles. The molecule has 0 spiro atoms. The Morgan fingerprint density at radius 1 is 1.24 bits per heavy atom. The summed E-state index contributed by atoms with van der Waals surface area (Å²) in [6.45, 7) is 12.1. The second-order valence-electron chi connectivity index (χ2n) is 5.93. The molecule has 1 N–H and O–H groups in total. The van der Waals surface area contributed by atoms with Gasteiger partial charge >= 0.3 is 0 Å². The van der Waals surface area contributed by atoms with E-state index in [0.717, 1.165) is 11.3 Å². The first kappa shape index (κ1) is 13.8. The normalized spacial score (nSPS) is 11.7. The SMILES string of the molecule is Cc1cc(C(C)C)ccc1NC(=O)C(C)(C)C. The van der Waals surface area contributed by atoms with Crippen molar-refractivity contribution in [1.82, 2.24) is 0 Å². The number of amides is 1. The van der Waals surface area contributed by atoms with Crippen LogP contribution in [0.25, 0.3) is 0 Å². The molecular weight excluding hydrogens is 210 g/mol. The van der Waals surface area contributed by atoms with Crippen LogP contribution in [0.15, 0.2) is 18.2 Å². The number of carbonyl (C=O) groups is 1. The molecule has 2 nitrogen and oxygen atoms in total. The summed E-state index contributed by atoms with van der Waals surface area (Å²) < 4.78 is 0. The van der Waals surface area contributed by atoms with Crippen molar-refractivity contribution in [2.45, 2.75) is 47.5 Å². The van der Waals surface area contributed by atoms with Crippen LogP contribution in [0.3, 0.4) is 0 Å². The summed E-state index contributed by atoms with van der Waals surface area (Å²) in [4.78, 5) is 11.9. The number of nitrogens with one attached hydrogen (secondary N) is 1. The zero-order chi connectivity index (χ0) is 13.2. The van der Waals surface area contributed by atoms with E-state index in [2.05, 4.69) is 31.3 Å². The van der Waals surface area contributed by atoms with E-state index in [9.17, 15) is 4.79 Å². The topological polar surface area (TPSA) is 29.1 Å². The average molecular weight is 233 g/mol. The molecule has 0 radical (unpaired) electrons. The Morgan fingerprint density at radius 3 is 2.24 bits per heavy atom. The monoisotopic (exact) mass is 233 g/mol. The van der Waals surface area contributed by atoms with Gasteiger partial charge in [0.1, 0.15) is 0 Å². The molecule has 1 aromatic carbocycles. The molecule has 0 unspecified atom stereocenters. The summed E-state index contributed by atoms with van der Waals surface area (Å²) in [5.41, 5.74) is 2.97. The Labute approximate surface area is 104 Å². The Balaban J connectivity index is 2.91. The van der Waals surface area contributed by atoms with Crippen molar-refractivity contribution < 1.29 is 4.79 Å². The standard InChI is InChI=1S/C15H23NO/c1-10(2)12-7-8-13(11(3)9-12)16-14(17)15(4,5)6/h7-10H,1-6H3,(H,16,17). The Bertz CT molecular complexity index is 413. The van der Waals surface area contributed by atoms with Crippen LogP contribution in [0.5, 0.6) is 0 Å². The van der Waals surface area contributed by atoms with Crippen molar-refractivity contribution >= 4 is 11.6 Å². The Kier molecular flexibility index (Phi) is 3.97. The molecule has 1 aromatic rings. The van der Waals surface area contributed by atoms with E-state index in [0.29, 0.717) is 5.92 Å². The molecule has 0 saturated heterocycles. The predicted molar refractivity (Wildman–Crippen MR) is 73.4 cm³/mol. The lowest BCUT2D eigenvalue weighted by Gasteiger charge is -2.19. The van der Waals surface area contributed by atoms with Crippen LogP contribution >= 0.6 is 0 Å². The largest absolute Gasteiger partial charge is 0.325 e. The van der Waals surface area contributed by atoms with Gasteiger partial charge in [0.25, 0.3) is 0 Å². The van der Waals surface area contributed by atoms with E-state index in [4.69, 9.17) is 0 Å². The number of hydrogen-bond acceptors (Lipinski definition) is 1. The smallest absolute Gasteiger partial charge is 0.229 e. The molecule has 0 saturated carbocycles. The van der Waals surface area contributed by atoms with Crippen molar-refractivity contribution in [3.63, 3.8) is 0 Å². The first-order valence-corrected chi connectivity index (χ1v) is 6.14. The third-order valence-corrected chi connectivity index (χ3v) is 2.85. The van der Waals surface area contributed by atoms with Crippen LogP contribution < -0.4 is 5.32 Å². The third-order valence-electron chi connectivity index (χ3n) is 2.85. The number of aryl methyl sites for hydroxylation is 1. The van der Waals surface area contributed by atoms with Gasteiger partial charge < -0.3 is 5.32 Å². The maximum absolute atomic E-state index is 11.9. The van der Waals surface area contributed by atoms with Gasteiger partial charge in [0, 0.05) is 11.1 Å². The van der Waals surface area contributed by atoms with Crippen LogP contribution in [-0.4, -0.2) is 5.91 Å². The van der Waals surface area contributed by atoms with Crippen molar-refractivity contribution in [3.8, 4) is 0 Å². The second kappa shape index (κ2) is 4.91. The van der Waals surface area contributed by atoms with Gasteiger partial charge in [0.2, 0.25) is 5.91 Å². The highest BCUT2D eigenvalue weighted by Crippen LogP contribution is 2.23. The van der Waals surface area contributed by atoms with Crippen LogP contribution in [0.1, 0.15) is 51.7 Å². The van der Waals surface area contributed by atoms with Crippen molar-refractivity contribution in [1.29, 1.82) is 0 Å². The van der Waals surface area contributed by atoms with Gasteiger partial charge in [-0.25, -0.2) is 0 Å². The summed E-state index contributed by atoms with van der Waals surface area (Å²) in [6, 6.07) is 6.22. The van der Waals surface area contributed by atoms with E-state index in [1.54, 1.807) is 0 Å². The highest BCUT2D eigenvalue weighted by Gasteiger charge is 2.21. The van der Waals surface area contributed by atoms with Gasteiger partial charge in [-0.2, -0.15) is 0 Å². The van der Waals surface area contributed by atoms with Crippen LogP contribution in [-0.2, 0) is 4.79 Å². The Hall–Kier alpha value is -1.31. The van der Waals surface area contributed by atoms with Gasteiger partial charge in [-0.05, 0) is 30.0 Å². The maximum atomic E-state index is 11.9. The summed E-state index contributed by atoms with van der Waals surface area (Å²) in [6.07, 6.45) is 0. The molecule has 0 aromatic heterocycles. The number of carbonyl (C=O) groups excluding carboxylic acids is 1. The van der Waals surface area contributed by atoms with Gasteiger partial charge in [0.15, 0.2) is 0 Å². The minimum absolute atomic E-state index is 0.0536. The average Bonchev–Trinajstić information content (AvgIpc) is 2.19. The third kappa shape index (κ3) is 3.58. The highest BCUT2D eigenvalue weighted by atomic mass is 16.2. The molecule has 2 heteroatoms. The van der Waals surface area contributed by atoms with Crippen LogP contribution in [0, 0.1) is 12.3 Å². The summed E-state index contributed by atoms with van der Waals surface area (Å²) >= 11 is 0. The van der Waals surface area contributed by atoms with E-state index in [-0.39, 0.29) is 11.3 Å². The number of rotatable bonds is 2. The van der Waals surface area contributed by atoms with E-state index < -0.39 is 0 Å². The van der Waals surface area contributed by atoms with Crippen molar-refractivity contribution in [2.24, 2.45) is 5.41 Å². The molecule has 94 valence electrons. The minimum Gasteiger partial charge on any atom is -0.325 e. The maximum Gasteiger partial charge on any atom is 0.229 e. The zero-order valence-electron chi connectivity index (χ0n) is 11.7. The number of benzene rings is 1. The lowest BCUT2D eigenvalue weighted by molar-refractivity contribution is -0.123. The first-order valence-electron chi connectivity index (χ1n) is 6.14. The van der Waals surface area contributed by atoms with Crippen LogP contribution in [0.2, 0.25) is 0 Å². The molecule has 0 aliphatic carbocycles. The summed E-state index contributed by atoms with van der Waals surface area (Å²) in [5, 5.41) is 2.98. The fourth-order valence-electron chi connectivity index (χ4n) is 1.50. The summed E-state index contributed by atoms with van der Waals surface area (Å²) in [7, 11) is 0. The van der Waals surface area contributed by atoms with E-state index >= 15 is 0 Å². The summed E-state index contributed by atoms with van der Waals surface area (Å²) in [5.74, 6) is 0.568. The van der Waals surface area contributed by atoms with E-state index in [1.165, 1.54) is 5.56 Å². The zero-order valence-corrected chi connectivity index (χ0v) is 11.7. The van der Waals surface area contributed by atoms with Crippen LogP contribution in [0.4, 0.5) is 5.69 Å². The van der Waals surface area contributed by atoms with Gasteiger partial charge in [-0.3, -0.25) is 4.79 Å². The Morgan fingerprint density at radius 2 is 1.82 bits per heavy atom. The van der Waals surface area contributed by atoms with Gasteiger partial charge in [-0.15, -0.1) is 0 Å². The van der Waals surface area contributed by atoms with Gasteiger partial charge in [-0.1, -0.05) is 46.8 Å². The fraction of sp³-hybridized carbons (Fsp3) is 0.533. The molecule has 0 fully saturated rings. The quantitative estimate of drug-likeness (QED) is 0.818. The number of hydrogen-bond donors (Lipinski definition) is 1. The lowest BCUT2D eigenvalue weighted by atomic mass is 9.95. The first-order chi connectivity index (χ1) is 7.71. The number of anilines is 1. The van der Waals surface area contributed by atoms with Gasteiger partial charge in [0.05, 0.1) is 0 Å². The molecule has 0 bridgehead atoms. The predicted octanol–water partition coefficient (Wildman–Crippen LogP) is 4.10.